The van der Waals surface area contributed by atoms with E-state index >= 15 is 0 Å². The van der Waals surface area contributed by atoms with Crippen molar-refractivity contribution in [1.29, 1.82) is 0 Å². The summed E-state index contributed by atoms with van der Waals surface area (Å²) in [6.45, 7) is 1.58. The summed E-state index contributed by atoms with van der Waals surface area (Å²) in [7, 11) is -1.98. The van der Waals surface area contributed by atoms with Crippen molar-refractivity contribution in [3.05, 3.63) is 42.0 Å². The van der Waals surface area contributed by atoms with E-state index < -0.39 is 15.9 Å². The van der Waals surface area contributed by atoms with Crippen molar-refractivity contribution in [2.75, 3.05) is 51.9 Å². The molecule has 2 aromatic heterocycles. The number of anilines is 1. The zero-order chi connectivity index (χ0) is 27.0. The van der Waals surface area contributed by atoms with Gasteiger partial charge in [0, 0.05) is 31.1 Å². The third kappa shape index (κ3) is 7.21. The van der Waals surface area contributed by atoms with Gasteiger partial charge in [-0.1, -0.05) is 28.6 Å². The van der Waals surface area contributed by atoms with Crippen LogP contribution in [0.25, 0.3) is 10.3 Å². The van der Waals surface area contributed by atoms with E-state index in [2.05, 4.69) is 30.5 Å². The number of fused-ring (bicyclic) bond motifs is 1. The first-order chi connectivity index (χ1) is 18.4. The molecule has 0 aliphatic carbocycles. The zero-order valence-corrected chi connectivity index (χ0v) is 22.2. The highest BCUT2D eigenvalue weighted by molar-refractivity contribution is 7.89. The first kappa shape index (κ1) is 27.8. The summed E-state index contributed by atoms with van der Waals surface area (Å²) >= 11 is 1.17. The normalized spacial score (nSPS) is 16.1. The Morgan fingerprint density at radius 1 is 1.21 bits per heavy atom. The van der Waals surface area contributed by atoms with Crippen LogP contribution in [0.5, 0.6) is 5.88 Å². The molecular formula is C23H28N6O7S2. The Kier molecular flexibility index (Phi) is 9.54. The Labute approximate surface area is 223 Å². The number of likely N-dealkylation sites (N-methyl/N-ethyl adjacent to an activating group) is 1. The van der Waals surface area contributed by atoms with Crippen LogP contribution in [0.2, 0.25) is 0 Å². The first-order valence-corrected chi connectivity index (χ1v) is 14.1. The minimum absolute atomic E-state index is 0.0236. The van der Waals surface area contributed by atoms with Gasteiger partial charge in [-0.2, -0.15) is 0 Å². The number of thiazole rings is 1. The van der Waals surface area contributed by atoms with Crippen molar-refractivity contribution < 1.29 is 32.6 Å². The number of rotatable bonds is 13. The van der Waals surface area contributed by atoms with Crippen LogP contribution in [-0.2, 0) is 24.4 Å². The maximum absolute atomic E-state index is 13.3. The van der Waals surface area contributed by atoms with Crippen molar-refractivity contribution in [2.45, 2.75) is 17.4 Å². The molecule has 1 amide bonds. The Morgan fingerprint density at radius 2 is 2.03 bits per heavy atom. The molecule has 0 saturated carbocycles. The van der Waals surface area contributed by atoms with Crippen LogP contribution in [0, 0.1) is 0 Å². The van der Waals surface area contributed by atoms with E-state index in [-0.39, 0.29) is 29.9 Å². The number of nitrogens with zero attached hydrogens (tertiary/aromatic N) is 3. The number of pyridine rings is 1. The smallest absolute Gasteiger partial charge is 0.280 e. The van der Waals surface area contributed by atoms with Crippen LogP contribution in [0.4, 0.5) is 5.13 Å². The van der Waals surface area contributed by atoms with Crippen LogP contribution in [0.1, 0.15) is 12.0 Å². The highest BCUT2D eigenvalue weighted by atomic mass is 32.2. The largest absolute Gasteiger partial charge is 0.476 e. The van der Waals surface area contributed by atoms with Gasteiger partial charge in [-0.15, -0.1) is 0 Å². The minimum atomic E-state index is -3.81. The second-order valence-corrected chi connectivity index (χ2v) is 10.8. The van der Waals surface area contributed by atoms with Crippen molar-refractivity contribution in [1.82, 2.24) is 20.0 Å². The summed E-state index contributed by atoms with van der Waals surface area (Å²) in [5.74, 6) is -0.144. The molecule has 3 aromatic rings. The number of amides is 1. The number of aliphatic hydroxyl groups excluding tert-OH is 1. The molecule has 1 saturated heterocycles. The van der Waals surface area contributed by atoms with Gasteiger partial charge in [0.15, 0.2) is 16.9 Å². The van der Waals surface area contributed by atoms with E-state index in [0.717, 1.165) is 0 Å². The molecule has 0 spiro atoms. The van der Waals surface area contributed by atoms with Gasteiger partial charge >= 0.3 is 0 Å². The van der Waals surface area contributed by atoms with Crippen LogP contribution < -0.4 is 20.1 Å². The van der Waals surface area contributed by atoms with Crippen molar-refractivity contribution in [3.8, 4) is 5.88 Å². The molecule has 1 aromatic carbocycles. The lowest BCUT2D eigenvalue weighted by Gasteiger charge is -2.10. The third-order valence-corrected chi connectivity index (χ3v) is 7.65. The number of sulfonamides is 1. The number of aliphatic hydroxyl groups is 1. The zero-order valence-electron chi connectivity index (χ0n) is 20.5. The fourth-order valence-electron chi connectivity index (χ4n) is 3.35. The number of hydrogen-bond acceptors (Lipinski definition) is 12. The number of carbonyl (C=O) groups excluding carboxylic acids is 1. The summed E-state index contributed by atoms with van der Waals surface area (Å²) in [6, 6.07) is 9.05. The minimum Gasteiger partial charge on any atom is -0.476 e. The van der Waals surface area contributed by atoms with Crippen LogP contribution in [0.3, 0.4) is 0 Å². The highest BCUT2D eigenvalue weighted by Crippen LogP contribution is 2.26. The van der Waals surface area contributed by atoms with E-state index in [9.17, 15) is 13.2 Å². The van der Waals surface area contributed by atoms with E-state index in [0.29, 0.717) is 59.7 Å². The van der Waals surface area contributed by atoms with Crippen molar-refractivity contribution >= 4 is 48.5 Å². The van der Waals surface area contributed by atoms with Gasteiger partial charge in [0.2, 0.25) is 15.9 Å². The topological polar surface area (TPSA) is 173 Å². The molecular weight excluding hydrogens is 536 g/mol. The standard InChI is InChI=1S/C23H28N6O7S2/c1-24-10-13-35-19-7-6-18-22(27-19)37-23(26-18)28-21(31)20(29-36-16-8-12-34-14-16)15-2-4-17(5-3-15)38(32,33)25-9-11-30/h2-7,16,24-25,30H,8-14H2,1H3,(H,26,28,31)/b29-20+/t16-/m1/s1. The molecule has 4 rings (SSSR count). The van der Waals surface area contributed by atoms with Crippen LogP contribution in [-0.4, -0.2) is 87.8 Å². The second kappa shape index (κ2) is 13.0. The molecule has 0 unspecified atom stereocenters. The van der Waals surface area contributed by atoms with Gasteiger partial charge in [-0.25, -0.2) is 23.1 Å². The summed E-state index contributed by atoms with van der Waals surface area (Å²) in [6.07, 6.45) is 0.335. The number of aromatic nitrogens is 2. The molecule has 1 aliphatic rings. The van der Waals surface area contributed by atoms with Gasteiger partial charge in [-0.3, -0.25) is 10.1 Å². The molecule has 1 fully saturated rings. The molecule has 15 heteroatoms. The molecule has 0 bridgehead atoms. The SMILES string of the molecule is CNCCOc1ccc2nc(NC(=O)/C(=N/O[C@@H]3CCOC3)c3ccc(S(=O)(=O)NCCO)cc3)sc2n1. The molecule has 204 valence electrons. The number of oxime groups is 1. The molecule has 13 nitrogen and oxygen atoms in total. The summed E-state index contributed by atoms with van der Waals surface area (Å²) < 4.78 is 37.8. The average molecular weight is 565 g/mol. The Balaban J connectivity index is 1.54. The summed E-state index contributed by atoms with van der Waals surface area (Å²) in [5, 5.41) is 19.0. The van der Waals surface area contributed by atoms with Gasteiger partial charge in [0.05, 0.1) is 24.7 Å². The number of carbonyl (C=O) groups is 1. The number of hydrogen-bond donors (Lipinski definition) is 4. The van der Waals surface area contributed by atoms with E-state index in [1.54, 1.807) is 12.1 Å². The van der Waals surface area contributed by atoms with E-state index in [1.165, 1.54) is 35.6 Å². The predicted octanol–water partition coefficient (Wildman–Crippen LogP) is 0.708. The fraction of sp³-hybridized carbons (Fsp3) is 0.391. The summed E-state index contributed by atoms with van der Waals surface area (Å²) in [5.41, 5.74) is 0.864. The van der Waals surface area contributed by atoms with Gasteiger partial charge in [0.25, 0.3) is 5.91 Å². The Hall–Kier alpha value is -3.21. The van der Waals surface area contributed by atoms with Crippen molar-refractivity contribution in [2.24, 2.45) is 5.16 Å². The van der Waals surface area contributed by atoms with E-state index in [1.807, 2.05) is 7.05 Å². The lowest BCUT2D eigenvalue weighted by atomic mass is 10.1. The maximum atomic E-state index is 13.3. The Bertz CT molecular complexity index is 1370. The fourth-order valence-corrected chi connectivity index (χ4v) is 5.20. The quantitative estimate of drug-likeness (QED) is 0.132. The highest BCUT2D eigenvalue weighted by Gasteiger charge is 2.22. The summed E-state index contributed by atoms with van der Waals surface area (Å²) in [4.78, 5) is 28.2. The maximum Gasteiger partial charge on any atom is 0.280 e. The monoisotopic (exact) mass is 564 g/mol. The first-order valence-electron chi connectivity index (χ1n) is 11.8. The third-order valence-electron chi connectivity index (χ3n) is 5.29. The molecule has 3 heterocycles. The number of benzene rings is 1. The molecule has 0 radical (unpaired) electrons. The number of ether oxygens (including phenoxy) is 2. The van der Waals surface area contributed by atoms with Crippen LogP contribution in [0.15, 0.2) is 46.4 Å². The lowest BCUT2D eigenvalue weighted by Crippen LogP contribution is -2.27. The lowest BCUT2D eigenvalue weighted by molar-refractivity contribution is -0.110. The van der Waals surface area contributed by atoms with Crippen LogP contribution >= 0.6 is 11.3 Å². The molecule has 38 heavy (non-hydrogen) atoms. The number of nitrogens with one attached hydrogen (secondary N) is 3. The molecule has 1 aliphatic heterocycles. The predicted molar refractivity (Wildman–Crippen MR) is 141 cm³/mol. The van der Waals surface area contributed by atoms with Crippen molar-refractivity contribution in [3.63, 3.8) is 0 Å². The second-order valence-electron chi connectivity index (χ2n) is 8.08. The molecule has 1 atom stereocenters. The Morgan fingerprint density at radius 3 is 2.74 bits per heavy atom. The van der Waals surface area contributed by atoms with Gasteiger partial charge < -0.3 is 24.7 Å². The molecule has 4 N–H and O–H groups in total. The van der Waals surface area contributed by atoms with Gasteiger partial charge in [-0.05, 0) is 25.2 Å². The average Bonchev–Trinajstić information content (AvgIpc) is 3.57. The van der Waals surface area contributed by atoms with E-state index in [4.69, 9.17) is 19.4 Å². The van der Waals surface area contributed by atoms with Gasteiger partial charge in [0.1, 0.15) is 17.0 Å².